The Morgan fingerprint density at radius 3 is 2.57 bits per heavy atom. The van der Waals surface area contributed by atoms with Crippen LogP contribution in [0, 0.1) is 11.6 Å². The van der Waals surface area contributed by atoms with Crippen molar-refractivity contribution in [1.82, 2.24) is 15.1 Å². The van der Waals surface area contributed by atoms with E-state index in [1.165, 1.54) is 23.9 Å². The molecule has 35 heavy (non-hydrogen) atoms. The summed E-state index contributed by atoms with van der Waals surface area (Å²) in [6.07, 6.45) is 1.20. The maximum Gasteiger partial charge on any atom is 0.255 e. The van der Waals surface area contributed by atoms with Gasteiger partial charge in [0.2, 0.25) is 0 Å². The Kier molecular flexibility index (Phi) is 6.97. The van der Waals surface area contributed by atoms with Crippen molar-refractivity contribution in [2.24, 2.45) is 5.73 Å². The molecule has 2 heterocycles. The average Bonchev–Trinajstić information content (AvgIpc) is 3.22. The van der Waals surface area contributed by atoms with Crippen LogP contribution in [0.3, 0.4) is 0 Å². The number of amides is 2. The molecular formula is C24H25F2N5O4. The number of carbonyl (C=O) groups is 2. The van der Waals surface area contributed by atoms with Crippen LogP contribution in [0.2, 0.25) is 0 Å². The van der Waals surface area contributed by atoms with Crippen LogP contribution >= 0.6 is 0 Å². The summed E-state index contributed by atoms with van der Waals surface area (Å²) in [5.41, 5.74) is 11.2. The topological polar surface area (TPSA) is 134 Å². The lowest BCUT2D eigenvalue weighted by Gasteiger charge is -2.23. The van der Waals surface area contributed by atoms with E-state index in [4.69, 9.17) is 20.9 Å². The molecule has 0 unspecified atom stereocenters. The van der Waals surface area contributed by atoms with E-state index in [0.717, 1.165) is 0 Å². The van der Waals surface area contributed by atoms with E-state index in [0.29, 0.717) is 31.8 Å². The molecule has 0 spiro atoms. The Morgan fingerprint density at radius 1 is 1.17 bits per heavy atom. The Bertz CT molecular complexity index is 1270. The van der Waals surface area contributed by atoms with Gasteiger partial charge in [-0.2, -0.15) is 5.10 Å². The number of nitrogens with one attached hydrogen (secondary N) is 1. The molecule has 5 N–H and O–H groups in total. The Balaban J connectivity index is 1.62. The summed E-state index contributed by atoms with van der Waals surface area (Å²) in [7, 11) is 1.43. The van der Waals surface area contributed by atoms with Crippen molar-refractivity contribution in [3.05, 3.63) is 64.7 Å². The molecule has 1 saturated heterocycles. The summed E-state index contributed by atoms with van der Waals surface area (Å²) >= 11 is 0. The third-order valence-corrected chi connectivity index (χ3v) is 5.94. The maximum absolute atomic E-state index is 15.2. The second kappa shape index (κ2) is 10.1. The lowest BCUT2D eigenvalue weighted by Crippen LogP contribution is -2.24. The number of halogens is 2. The number of carbonyl (C=O) groups excluding carboxylic acids is 2. The molecule has 0 atom stereocenters. The lowest BCUT2D eigenvalue weighted by atomic mass is 10.0. The van der Waals surface area contributed by atoms with Crippen molar-refractivity contribution in [2.45, 2.75) is 25.4 Å². The fourth-order valence-electron chi connectivity index (χ4n) is 4.10. The van der Waals surface area contributed by atoms with E-state index in [1.807, 2.05) is 0 Å². The second-order valence-corrected chi connectivity index (χ2v) is 8.04. The second-order valence-electron chi connectivity index (χ2n) is 8.04. The van der Waals surface area contributed by atoms with Gasteiger partial charge in [-0.1, -0.05) is 18.2 Å². The molecule has 0 aliphatic carbocycles. The number of hydrogen-bond acceptors (Lipinski definition) is 6. The summed E-state index contributed by atoms with van der Waals surface area (Å²) in [4.78, 5) is 24.6. The zero-order valence-corrected chi connectivity index (χ0v) is 19.0. The Morgan fingerprint density at radius 2 is 1.89 bits per heavy atom. The van der Waals surface area contributed by atoms with Gasteiger partial charge >= 0.3 is 0 Å². The molecule has 9 nitrogen and oxygen atoms in total. The number of anilines is 1. The van der Waals surface area contributed by atoms with Crippen molar-refractivity contribution in [3.8, 4) is 17.0 Å². The molecule has 11 heteroatoms. The van der Waals surface area contributed by atoms with Gasteiger partial charge < -0.3 is 26.3 Å². The maximum atomic E-state index is 15.2. The summed E-state index contributed by atoms with van der Waals surface area (Å²) in [5, 5.41) is 6.89. The highest BCUT2D eigenvalue weighted by molar-refractivity contribution is 6.03. The van der Waals surface area contributed by atoms with E-state index < -0.39 is 23.4 Å². The minimum absolute atomic E-state index is 0.00708. The average molecular weight is 485 g/mol. The summed E-state index contributed by atoms with van der Waals surface area (Å²) in [5.74, 6) is -3.48. The van der Waals surface area contributed by atoms with E-state index in [2.05, 4.69) is 10.4 Å². The third-order valence-electron chi connectivity index (χ3n) is 5.94. The first-order valence-electron chi connectivity index (χ1n) is 11.0. The van der Waals surface area contributed by atoms with E-state index in [-0.39, 0.29) is 46.4 Å². The molecule has 2 aromatic carbocycles. The Hall–Kier alpha value is -3.99. The number of ether oxygens (including phenoxy) is 2. The van der Waals surface area contributed by atoms with Gasteiger partial charge in [-0.25, -0.2) is 13.5 Å². The van der Waals surface area contributed by atoms with Gasteiger partial charge in [0.1, 0.15) is 22.8 Å². The number of benzene rings is 2. The molecule has 0 saturated carbocycles. The van der Waals surface area contributed by atoms with Crippen LogP contribution in [-0.4, -0.2) is 41.9 Å². The minimum Gasteiger partial charge on any atom is -0.496 e. The van der Waals surface area contributed by atoms with E-state index >= 15 is 4.39 Å². The summed E-state index contributed by atoms with van der Waals surface area (Å²) < 4.78 is 42.1. The first-order valence-corrected chi connectivity index (χ1v) is 11.0. The first kappa shape index (κ1) is 24.1. The zero-order valence-electron chi connectivity index (χ0n) is 19.0. The fourth-order valence-corrected chi connectivity index (χ4v) is 4.10. The van der Waals surface area contributed by atoms with Gasteiger partial charge in [0.15, 0.2) is 11.6 Å². The lowest BCUT2D eigenvalue weighted by molar-refractivity contribution is 0.0669. The fraction of sp³-hybridized carbons (Fsp3) is 0.292. The number of para-hydroxylation sites is 1. The van der Waals surface area contributed by atoms with Crippen molar-refractivity contribution < 1.29 is 27.8 Å². The number of hydrogen-bond donors (Lipinski definition) is 3. The summed E-state index contributed by atoms with van der Waals surface area (Å²) in [6, 6.07) is 8.97. The SMILES string of the molecule is COc1ccccc1C(=O)NCc1ccc(-c2nn(C3CCOCC3)c(N)c2C(N)=O)c(F)c1F. The van der Waals surface area contributed by atoms with Crippen molar-refractivity contribution in [1.29, 1.82) is 0 Å². The molecule has 1 aromatic heterocycles. The minimum atomic E-state index is -1.23. The predicted octanol–water partition coefficient (Wildman–Crippen LogP) is 2.80. The highest BCUT2D eigenvalue weighted by Crippen LogP contribution is 2.34. The number of methoxy groups -OCH3 is 1. The molecule has 1 aliphatic rings. The molecule has 0 radical (unpaired) electrons. The van der Waals surface area contributed by atoms with Crippen molar-refractivity contribution in [3.63, 3.8) is 0 Å². The molecule has 1 fully saturated rings. The molecular weight excluding hydrogens is 460 g/mol. The standard InChI is InChI=1S/C24H25F2N5O4/c1-34-17-5-3-2-4-15(17)24(33)29-12-13-6-7-16(20(26)19(13)25)21-18(23(28)32)22(27)31(30-21)14-8-10-35-11-9-14/h2-7,14H,8-12,27H2,1H3,(H2,28,32)(H,29,33). The van der Waals surface area contributed by atoms with Crippen molar-refractivity contribution in [2.75, 3.05) is 26.1 Å². The van der Waals surface area contributed by atoms with Crippen LogP contribution in [0.15, 0.2) is 36.4 Å². The third kappa shape index (κ3) is 4.67. The van der Waals surface area contributed by atoms with Crippen molar-refractivity contribution >= 4 is 17.6 Å². The number of nitrogens with zero attached hydrogens (tertiary/aromatic N) is 2. The van der Waals surface area contributed by atoms with Gasteiger partial charge in [0, 0.05) is 30.9 Å². The molecule has 1 aliphatic heterocycles. The largest absolute Gasteiger partial charge is 0.496 e. The highest BCUT2D eigenvalue weighted by Gasteiger charge is 2.29. The van der Waals surface area contributed by atoms with Gasteiger partial charge in [-0.3, -0.25) is 9.59 Å². The number of nitrogens with two attached hydrogens (primary N) is 2. The summed E-state index contributed by atoms with van der Waals surface area (Å²) in [6.45, 7) is 0.703. The quantitative estimate of drug-likeness (QED) is 0.471. The van der Waals surface area contributed by atoms with Gasteiger partial charge in [0.05, 0.1) is 18.7 Å². The molecule has 184 valence electrons. The van der Waals surface area contributed by atoms with Gasteiger partial charge in [-0.15, -0.1) is 0 Å². The normalized spacial score (nSPS) is 14.0. The molecule has 3 aromatic rings. The Labute approximate surface area is 200 Å². The number of rotatable bonds is 7. The molecule has 0 bridgehead atoms. The van der Waals surface area contributed by atoms with E-state index in [1.54, 1.807) is 24.3 Å². The smallest absolute Gasteiger partial charge is 0.255 e. The molecule has 4 rings (SSSR count). The first-order chi connectivity index (χ1) is 16.8. The monoisotopic (exact) mass is 485 g/mol. The molecule has 2 amide bonds. The van der Waals surface area contributed by atoms with Crippen LogP contribution in [-0.2, 0) is 11.3 Å². The van der Waals surface area contributed by atoms with Gasteiger partial charge in [-0.05, 0) is 31.0 Å². The number of aromatic nitrogens is 2. The van der Waals surface area contributed by atoms with Crippen LogP contribution in [0.1, 0.15) is 45.2 Å². The highest BCUT2D eigenvalue weighted by atomic mass is 19.2. The van der Waals surface area contributed by atoms with Crippen LogP contribution in [0.25, 0.3) is 11.3 Å². The van der Waals surface area contributed by atoms with E-state index in [9.17, 15) is 14.0 Å². The van der Waals surface area contributed by atoms with Crippen LogP contribution in [0.4, 0.5) is 14.6 Å². The predicted molar refractivity (Wildman–Crippen MR) is 124 cm³/mol. The zero-order chi connectivity index (χ0) is 25.1. The number of primary amides is 1. The van der Waals surface area contributed by atoms with Crippen LogP contribution < -0.4 is 21.5 Å². The van der Waals surface area contributed by atoms with Crippen LogP contribution in [0.5, 0.6) is 5.75 Å². The van der Waals surface area contributed by atoms with Gasteiger partial charge in [0.25, 0.3) is 11.8 Å². The number of nitrogen functional groups attached to an aromatic ring is 1.